The van der Waals surface area contributed by atoms with Gasteiger partial charge in [0.2, 0.25) is 14.9 Å². The van der Waals surface area contributed by atoms with Crippen LogP contribution >= 0.6 is 0 Å². The van der Waals surface area contributed by atoms with Crippen molar-refractivity contribution in [2.45, 2.75) is 42.2 Å². The van der Waals surface area contributed by atoms with Gasteiger partial charge in [-0.2, -0.15) is 4.98 Å². The van der Waals surface area contributed by atoms with E-state index >= 15 is 0 Å². The molecular formula is C26H30N6O4S. The average molecular weight is 523 g/mol. The highest BCUT2D eigenvalue weighted by molar-refractivity contribution is 7.91. The Labute approximate surface area is 214 Å². The van der Waals surface area contributed by atoms with E-state index in [0.29, 0.717) is 23.1 Å². The van der Waals surface area contributed by atoms with E-state index in [4.69, 9.17) is 4.74 Å². The Morgan fingerprint density at radius 1 is 1.05 bits per heavy atom. The summed E-state index contributed by atoms with van der Waals surface area (Å²) in [6, 6.07) is 10.7. The van der Waals surface area contributed by atoms with Crippen molar-refractivity contribution in [2.75, 3.05) is 44.7 Å². The highest BCUT2D eigenvalue weighted by atomic mass is 32.2. The minimum absolute atomic E-state index is 0.0107. The van der Waals surface area contributed by atoms with Crippen LogP contribution in [0.3, 0.4) is 0 Å². The Kier molecular flexibility index (Phi) is 5.62. The van der Waals surface area contributed by atoms with Gasteiger partial charge < -0.3 is 14.5 Å². The van der Waals surface area contributed by atoms with Gasteiger partial charge in [-0.05, 0) is 63.6 Å². The van der Waals surface area contributed by atoms with Gasteiger partial charge in [0.25, 0.3) is 5.56 Å². The maximum Gasteiger partial charge on any atom is 0.281 e. The summed E-state index contributed by atoms with van der Waals surface area (Å²) >= 11 is 0. The number of fused-ring (bicyclic) bond motifs is 3. The normalized spacial score (nSPS) is 18.7. The number of aromatic amines is 1. The van der Waals surface area contributed by atoms with Crippen molar-refractivity contribution in [1.82, 2.24) is 24.7 Å². The molecular weight excluding hydrogens is 492 g/mol. The van der Waals surface area contributed by atoms with Crippen LogP contribution < -0.4 is 10.5 Å². The number of benzene rings is 2. The molecule has 2 fully saturated rings. The molecule has 2 aromatic carbocycles. The van der Waals surface area contributed by atoms with Gasteiger partial charge in [-0.25, -0.2) is 18.1 Å². The summed E-state index contributed by atoms with van der Waals surface area (Å²) in [6.07, 6.45) is 1.95. The van der Waals surface area contributed by atoms with Crippen molar-refractivity contribution in [3.05, 3.63) is 57.9 Å². The van der Waals surface area contributed by atoms with Gasteiger partial charge >= 0.3 is 0 Å². The Morgan fingerprint density at radius 2 is 1.84 bits per heavy atom. The number of hydrogen-bond acceptors (Lipinski definition) is 8. The Balaban J connectivity index is 1.43. The van der Waals surface area contributed by atoms with Crippen LogP contribution in [-0.2, 0) is 14.6 Å². The molecule has 0 saturated carbocycles. The van der Waals surface area contributed by atoms with E-state index in [1.807, 2.05) is 25.1 Å². The molecule has 0 aliphatic carbocycles. The number of hydrogen-bond donors (Lipinski definition) is 1. The van der Waals surface area contributed by atoms with E-state index in [2.05, 4.69) is 32.1 Å². The number of rotatable bonds is 3. The predicted molar refractivity (Wildman–Crippen MR) is 140 cm³/mol. The molecule has 1 spiro atoms. The number of aromatic nitrogens is 4. The summed E-state index contributed by atoms with van der Waals surface area (Å²) in [6.45, 7) is 7.79. The zero-order valence-corrected chi connectivity index (χ0v) is 22.0. The maximum atomic E-state index is 13.5. The Morgan fingerprint density at radius 3 is 2.59 bits per heavy atom. The summed E-state index contributed by atoms with van der Waals surface area (Å²) in [7, 11) is -1.87. The second-order valence-corrected chi connectivity index (χ2v) is 12.2. The van der Waals surface area contributed by atoms with Gasteiger partial charge in [-0.15, -0.1) is 5.10 Å². The molecule has 10 nitrogen and oxygen atoms in total. The third-order valence-electron chi connectivity index (χ3n) is 7.70. The van der Waals surface area contributed by atoms with Crippen LogP contribution in [0.25, 0.3) is 16.6 Å². The third-order valence-corrected chi connectivity index (χ3v) is 9.52. The van der Waals surface area contributed by atoms with E-state index in [-0.39, 0.29) is 21.2 Å². The lowest BCUT2D eigenvalue weighted by molar-refractivity contribution is -0.0883. The molecule has 2 aliphatic heterocycles. The molecule has 2 aliphatic rings. The minimum atomic E-state index is -4.00. The van der Waals surface area contributed by atoms with Crippen LogP contribution in [-0.4, -0.2) is 78.6 Å². The first kappa shape index (κ1) is 24.1. The van der Waals surface area contributed by atoms with Crippen molar-refractivity contribution in [1.29, 1.82) is 0 Å². The first-order chi connectivity index (χ1) is 17.7. The summed E-state index contributed by atoms with van der Waals surface area (Å²) in [5.74, 6) is 0. The first-order valence-electron chi connectivity index (χ1n) is 12.5. The van der Waals surface area contributed by atoms with E-state index < -0.39 is 15.4 Å². The van der Waals surface area contributed by atoms with Crippen molar-refractivity contribution in [3.63, 3.8) is 0 Å². The SMILES string of the molecule is Cc1ccc(S(=O)(=O)c2n[nH]n3c2nc(=O)c2ccc(N4CCOC5(CCN(C)CC5)C4)cc23)c(C)c1. The topological polar surface area (TPSA) is 113 Å². The number of ether oxygens (including phenoxy) is 1. The number of likely N-dealkylation sites (tertiary alicyclic amines) is 1. The van der Waals surface area contributed by atoms with Crippen molar-refractivity contribution < 1.29 is 13.2 Å². The fourth-order valence-corrected chi connectivity index (χ4v) is 7.05. The molecule has 37 heavy (non-hydrogen) atoms. The van der Waals surface area contributed by atoms with Crippen LogP contribution in [0.1, 0.15) is 24.0 Å². The summed E-state index contributed by atoms with van der Waals surface area (Å²) in [5, 5.41) is 7.05. The van der Waals surface area contributed by atoms with Crippen LogP contribution in [0, 0.1) is 13.8 Å². The van der Waals surface area contributed by atoms with Crippen molar-refractivity contribution >= 4 is 32.1 Å². The van der Waals surface area contributed by atoms with E-state index in [1.54, 1.807) is 25.1 Å². The zero-order valence-electron chi connectivity index (χ0n) is 21.2. The van der Waals surface area contributed by atoms with Gasteiger partial charge in [-0.1, -0.05) is 17.7 Å². The van der Waals surface area contributed by atoms with Crippen molar-refractivity contribution in [2.24, 2.45) is 0 Å². The third kappa shape index (κ3) is 4.01. The van der Waals surface area contributed by atoms with Crippen LogP contribution in [0.15, 0.2) is 51.1 Å². The minimum Gasteiger partial charge on any atom is -0.371 e. The van der Waals surface area contributed by atoms with Crippen LogP contribution in [0.4, 0.5) is 5.69 Å². The molecule has 0 bridgehead atoms. The number of piperidine rings is 1. The van der Waals surface area contributed by atoms with Crippen molar-refractivity contribution in [3.8, 4) is 0 Å². The maximum absolute atomic E-state index is 13.5. The molecule has 2 aromatic heterocycles. The smallest absolute Gasteiger partial charge is 0.281 e. The second-order valence-electron chi connectivity index (χ2n) is 10.3. The highest BCUT2D eigenvalue weighted by Crippen LogP contribution is 2.33. The van der Waals surface area contributed by atoms with E-state index in [9.17, 15) is 13.2 Å². The largest absolute Gasteiger partial charge is 0.371 e. The van der Waals surface area contributed by atoms with Gasteiger partial charge in [0.1, 0.15) is 0 Å². The predicted octanol–water partition coefficient (Wildman–Crippen LogP) is 2.32. The van der Waals surface area contributed by atoms with E-state index in [1.165, 1.54) is 4.52 Å². The average Bonchev–Trinajstić information content (AvgIpc) is 3.31. The van der Waals surface area contributed by atoms with Gasteiger partial charge in [0.05, 0.1) is 28.0 Å². The number of anilines is 1. The van der Waals surface area contributed by atoms with Gasteiger partial charge in [-0.3, -0.25) is 4.79 Å². The first-order valence-corrected chi connectivity index (χ1v) is 14.0. The molecule has 0 amide bonds. The van der Waals surface area contributed by atoms with E-state index in [0.717, 1.165) is 50.3 Å². The molecule has 0 radical (unpaired) electrons. The summed E-state index contributed by atoms with van der Waals surface area (Å²) < 4.78 is 34.8. The molecule has 11 heteroatoms. The molecule has 4 heterocycles. The molecule has 1 N–H and O–H groups in total. The van der Waals surface area contributed by atoms with Gasteiger partial charge in [0, 0.05) is 31.9 Å². The number of nitrogens with zero attached hydrogens (tertiary/aromatic N) is 5. The zero-order chi connectivity index (χ0) is 25.9. The lowest BCUT2D eigenvalue weighted by Crippen LogP contribution is -2.56. The Hall–Kier alpha value is -3.28. The quantitative estimate of drug-likeness (QED) is 0.436. The fourth-order valence-electron chi connectivity index (χ4n) is 5.57. The standard InChI is InChI=1S/C26H30N6O4S/c1-17-4-7-22(18(2)14-17)37(34,35)25-23-27-24(33)20-6-5-19(15-21(20)32(23)29-28-25)31-12-13-36-26(16-31)8-10-30(3)11-9-26/h4-7,14-15,29H,8-13,16H2,1-3H3. The summed E-state index contributed by atoms with van der Waals surface area (Å²) in [5.41, 5.74) is 2.37. The lowest BCUT2D eigenvalue weighted by Gasteiger charge is -2.47. The van der Waals surface area contributed by atoms with Crippen LogP contribution in [0.2, 0.25) is 0 Å². The fraction of sp³-hybridized carbons (Fsp3) is 0.423. The lowest BCUT2D eigenvalue weighted by atomic mass is 9.89. The molecule has 194 valence electrons. The molecule has 4 aromatic rings. The second kappa shape index (κ2) is 8.64. The number of aryl methyl sites for hydroxylation is 2. The molecule has 0 atom stereocenters. The molecule has 2 saturated heterocycles. The number of morpholine rings is 1. The monoisotopic (exact) mass is 522 g/mol. The summed E-state index contributed by atoms with van der Waals surface area (Å²) in [4.78, 5) is 21.8. The number of sulfone groups is 1. The Bertz CT molecular complexity index is 1680. The molecule has 0 unspecified atom stereocenters. The number of nitrogens with one attached hydrogen (secondary N) is 1. The molecule has 6 rings (SSSR count). The van der Waals surface area contributed by atoms with Crippen LogP contribution in [0.5, 0.6) is 0 Å². The van der Waals surface area contributed by atoms with Gasteiger partial charge in [0.15, 0.2) is 5.65 Å². The highest BCUT2D eigenvalue weighted by Gasteiger charge is 2.39. The number of H-pyrrole nitrogens is 1.